The molecule has 0 saturated carbocycles. The van der Waals surface area contributed by atoms with Gasteiger partial charge >= 0.3 is 0 Å². The van der Waals surface area contributed by atoms with Crippen molar-refractivity contribution in [2.75, 3.05) is 14.2 Å². The number of hydrogen-bond acceptors (Lipinski definition) is 5. The first kappa shape index (κ1) is 17.5. The maximum absolute atomic E-state index is 12.4. The maximum Gasteiger partial charge on any atom is 0.233 e. The number of para-hydroxylation sites is 1. The number of aromatic nitrogens is 2. The van der Waals surface area contributed by atoms with Crippen LogP contribution in [0.4, 0.5) is 0 Å². The molecule has 0 N–H and O–H groups in total. The average molecular weight is 384 g/mol. The van der Waals surface area contributed by atoms with Gasteiger partial charge in [0, 0.05) is 18.5 Å². The van der Waals surface area contributed by atoms with Gasteiger partial charge in [-0.15, -0.1) is 0 Å². The van der Waals surface area contributed by atoms with Crippen LogP contribution in [0.3, 0.4) is 0 Å². The van der Waals surface area contributed by atoms with Crippen LogP contribution in [0, 0.1) is 0 Å². The van der Waals surface area contributed by atoms with E-state index in [1.54, 1.807) is 19.1 Å². The molecule has 6 nitrogen and oxygen atoms in total. The third-order valence-corrected chi connectivity index (χ3v) is 5.12. The number of nitrogens with zero attached hydrogens (tertiary/aromatic N) is 3. The van der Waals surface area contributed by atoms with Gasteiger partial charge in [-0.25, -0.2) is 0 Å². The molecule has 0 bridgehead atoms. The van der Waals surface area contributed by atoms with Gasteiger partial charge in [0.1, 0.15) is 5.75 Å². The molecule has 3 aromatic rings. The van der Waals surface area contributed by atoms with E-state index in [4.69, 9.17) is 20.9 Å². The molecule has 2 aromatic carbocycles. The number of likely N-dealkylation sites (N-methyl/N-ethyl adjacent to an activating group) is 1. The van der Waals surface area contributed by atoms with Gasteiger partial charge in [-0.1, -0.05) is 41.0 Å². The molecule has 7 heteroatoms. The summed E-state index contributed by atoms with van der Waals surface area (Å²) in [5, 5.41) is 4.74. The fourth-order valence-electron chi connectivity index (χ4n) is 3.56. The molecule has 2 heterocycles. The minimum Gasteiger partial charge on any atom is -0.496 e. The first-order valence-electron chi connectivity index (χ1n) is 8.56. The summed E-state index contributed by atoms with van der Waals surface area (Å²) in [5.41, 5.74) is 1.69. The number of ether oxygens (including phenoxy) is 1. The number of rotatable bonds is 4. The van der Waals surface area contributed by atoms with E-state index in [2.05, 4.69) is 10.1 Å². The van der Waals surface area contributed by atoms with Crippen molar-refractivity contribution in [3.05, 3.63) is 65.0 Å². The van der Waals surface area contributed by atoms with Gasteiger partial charge in [0.15, 0.2) is 0 Å². The minimum absolute atomic E-state index is 0.0296. The minimum atomic E-state index is -0.239. The van der Waals surface area contributed by atoms with Gasteiger partial charge in [0.2, 0.25) is 17.6 Å². The second-order valence-electron chi connectivity index (χ2n) is 6.47. The predicted octanol–water partition coefficient (Wildman–Crippen LogP) is 4.09. The summed E-state index contributed by atoms with van der Waals surface area (Å²) in [6, 6.07) is 14.8. The van der Waals surface area contributed by atoms with Gasteiger partial charge in [0.25, 0.3) is 0 Å². The molecule has 1 saturated heterocycles. The predicted molar refractivity (Wildman–Crippen MR) is 101 cm³/mol. The van der Waals surface area contributed by atoms with Crippen LogP contribution in [0.15, 0.2) is 53.1 Å². The molecule has 2 atom stereocenters. The number of amides is 1. The molecule has 0 radical (unpaired) electrons. The molecule has 27 heavy (non-hydrogen) atoms. The molecule has 1 aliphatic heterocycles. The Labute approximate surface area is 161 Å². The van der Waals surface area contributed by atoms with Crippen molar-refractivity contribution < 1.29 is 14.1 Å². The van der Waals surface area contributed by atoms with Crippen molar-refractivity contribution >= 4 is 17.5 Å². The van der Waals surface area contributed by atoms with Crippen molar-refractivity contribution in [1.29, 1.82) is 0 Å². The van der Waals surface area contributed by atoms with Crippen LogP contribution >= 0.6 is 11.6 Å². The zero-order valence-electron chi connectivity index (χ0n) is 14.9. The first-order valence-corrected chi connectivity index (χ1v) is 8.94. The standard InChI is InChI=1S/C20H18ClN3O3/c1-24-17(25)11-15(18(24)12-6-5-7-13(21)10-12)20-22-19(23-27-20)14-8-3-4-9-16(14)26-2/h3-10,15,18H,11H2,1-2H3/t15-,18+/m1/s1. The summed E-state index contributed by atoms with van der Waals surface area (Å²) >= 11 is 6.15. The Morgan fingerprint density at radius 2 is 2.04 bits per heavy atom. The molecular formula is C20H18ClN3O3. The third-order valence-electron chi connectivity index (χ3n) is 4.88. The van der Waals surface area contributed by atoms with Gasteiger partial charge in [-0.2, -0.15) is 4.98 Å². The van der Waals surface area contributed by atoms with E-state index in [0.717, 1.165) is 11.1 Å². The van der Waals surface area contributed by atoms with Crippen LogP contribution < -0.4 is 4.74 Å². The Morgan fingerprint density at radius 3 is 2.81 bits per heavy atom. The fraction of sp³-hybridized carbons (Fsp3) is 0.250. The number of halogens is 1. The molecular weight excluding hydrogens is 366 g/mol. The van der Waals surface area contributed by atoms with Crippen LogP contribution in [0.2, 0.25) is 5.02 Å². The Bertz CT molecular complexity index is 988. The molecule has 0 unspecified atom stereocenters. The molecule has 138 valence electrons. The van der Waals surface area contributed by atoms with Crippen LogP contribution in [0.25, 0.3) is 11.4 Å². The SMILES string of the molecule is COc1ccccc1-c1noc([C@@H]2CC(=O)N(C)[C@H]2c2cccc(Cl)c2)n1. The summed E-state index contributed by atoms with van der Waals surface area (Å²) in [4.78, 5) is 18.7. The monoisotopic (exact) mass is 383 g/mol. The maximum atomic E-state index is 12.4. The van der Waals surface area contributed by atoms with E-state index in [9.17, 15) is 4.79 Å². The second kappa shape index (κ2) is 7.04. The zero-order chi connectivity index (χ0) is 19.0. The number of benzene rings is 2. The van der Waals surface area contributed by atoms with Crippen LogP contribution in [0.1, 0.15) is 29.8 Å². The quantitative estimate of drug-likeness (QED) is 0.678. The van der Waals surface area contributed by atoms with Crippen LogP contribution in [-0.4, -0.2) is 35.1 Å². The molecule has 1 aromatic heterocycles. The number of likely N-dealkylation sites (tertiary alicyclic amines) is 1. The third kappa shape index (κ3) is 3.17. The first-order chi connectivity index (χ1) is 13.1. The summed E-state index contributed by atoms with van der Waals surface area (Å²) in [5.74, 6) is 1.32. The number of methoxy groups -OCH3 is 1. The van der Waals surface area contributed by atoms with Crippen molar-refractivity contribution in [3.63, 3.8) is 0 Å². The van der Waals surface area contributed by atoms with Crippen molar-refractivity contribution in [2.24, 2.45) is 0 Å². The van der Waals surface area contributed by atoms with Gasteiger partial charge in [0.05, 0.1) is 24.6 Å². The van der Waals surface area contributed by atoms with Crippen molar-refractivity contribution in [1.82, 2.24) is 15.0 Å². The largest absolute Gasteiger partial charge is 0.496 e. The smallest absolute Gasteiger partial charge is 0.233 e. The lowest BCUT2D eigenvalue weighted by Crippen LogP contribution is -2.24. The normalized spacial score (nSPS) is 19.5. The topological polar surface area (TPSA) is 68.5 Å². The highest BCUT2D eigenvalue weighted by Gasteiger charge is 2.42. The number of carbonyl (C=O) groups excluding carboxylic acids is 1. The highest BCUT2D eigenvalue weighted by molar-refractivity contribution is 6.30. The Balaban J connectivity index is 1.72. The van der Waals surface area contributed by atoms with E-state index in [0.29, 0.717) is 28.9 Å². The lowest BCUT2D eigenvalue weighted by molar-refractivity contribution is -0.127. The summed E-state index contributed by atoms with van der Waals surface area (Å²) < 4.78 is 10.9. The highest BCUT2D eigenvalue weighted by atomic mass is 35.5. The molecule has 0 aliphatic carbocycles. The van der Waals surface area contributed by atoms with Gasteiger partial charge < -0.3 is 14.2 Å². The average Bonchev–Trinajstić information content (AvgIpc) is 3.27. The van der Waals surface area contributed by atoms with E-state index in [-0.39, 0.29) is 17.9 Å². The summed E-state index contributed by atoms with van der Waals surface area (Å²) in [6.45, 7) is 0. The van der Waals surface area contributed by atoms with Crippen LogP contribution in [0.5, 0.6) is 5.75 Å². The zero-order valence-corrected chi connectivity index (χ0v) is 15.7. The molecule has 4 rings (SSSR count). The van der Waals surface area contributed by atoms with E-state index in [1.807, 2.05) is 48.5 Å². The molecule has 1 amide bonds. The molecule has 1 fully saturated rings. The lowest BCUT2D eigenvalue weighted by atomic mass is 9.93. The molecule has 1 aliphatic rings. The Hall–Kier alpha value is -2.86. The number of hydrogen-bond donors (Lipinski definition) is 0. The van der Waals surface area contributed by atoms with Crippen molar-refractivity contribution in [2.45, 2.75) is 18.4 Å². The van der Waals surface area contributed by atoms with Crippen molar-refractivity contribution in [3.8, 4) is 17.1 Å². The summed E-state index contributed by atoms with van der Waals surface area (Å²) in [6.07, 6.45) is 0.307. The highest BCUT2D eigenvalue weighted by Crippen LogP contribution is 2.44. The second-order valence-corrected chi connectivity index (χ2v) is 6.91. The van der Waals surface area contributed by atoms with Crippen LogP contribution in [-0.2, 0) is 4.79 Å². The van der Waals surface area contributed by atoms with E-state index < -0.39 is 0 Å². The molecule has 0 spiro atoms. The van der Waals surface area contributed by atoms with Gasteiger partial charge in [-0.3, -0.25) is 4.79 Å². The number of carbonyl (C=O) groups is 1. The Morgan fingerprint density at radius 1 is 1.22 bits per heavy atom. The van der Waals surface area contributed by atoms with E-state index >= 15 is 0 Å². The Kier molecular flexibility index (Phi) is 4.58. The fourth-order valence-corrected chi connectivity index (χ4v) is 3.76. The summed E-state index contributed by atoms with van der Waals surface area (Å²) in [7, 11) is 3.38. The van der Waals surface area contributed by atoms with Gasteiger partial charge in [-0.05, 0) is 29.8 Å². The lowest BCUT2D eigenvalue weighted by Gasteiger charge is -2.23. The van der Waals surface area contributed by atoms with E-state index in [1.165, 1.54) is 0 Å².